The molecule has 3 nitrogen and oxygen atoms in total. The average molecular weight is 363 g/mol. The first-order chi connectivity index (χ1) is 9.52. The highest BCUT2D eigenvalue weighted by Gasteiger charge is 2.13. The number of aromatic nitrogens is 1. The number of pyridine rings is 1. The van der Waals surface area contributed by atoms with Crippen molar-refractivity contribution in [3.63, 3.8) is 0 Å². The predicted octanol–water partition coefficient (Wildman–Crippen LogP) is 4.95. The Balaban J connectivity index is 2.38. The van der Waals surface area contributed by atoms with Crippen LogP contribution in [0.1, 0.15) is 6.92 Å². The maximum Gasteiger partial charge on any atom is 0.169 e. The lowest BCUT2D eigenvalue weighted by Crippen LogP contribution is -2.06. The second kappa shape index (κ2) is 6.37. The van der Waals surface area contributed by atoms with Crippen molar-refractivity contribution in [2.45, 2.75) is 6.92 Å². The van der Waals surface area contributed by atoms with Gasteiger partial charge in [0, 0.05) is 12.6 Å². The molecule has 0 fully saturated rings. The second-order valence-electron chi connectivity index (χ2n) is 3.91. The van der Waals surface area contributed by atoms with Gasteiger partial charge < -0.3 is 10.6 Å². The van der Waals surface area contributed by atoms with Gasteiger partial charge in [-0.1, -0.05) is 17.7 Å². The normalized spacial score (nSPS) is 10.4. The number of hydrogen-bond acceptors (Lipinski definition) is 3. The van der Waals surface area contributed by atoms with E-state index >= 15 is 0 Å². The van der Waals surface area contributed by atoms with Crippen LogP contribution in [0.3, 0.4) is 0 Å². The molecular weight excluding hydrogens is 352 g/mol. The summed E-state index contributed by atoms with van der Waals surface area (Å²) in [4.78, 5) is 3.89. The maximum absolute atomic E-state index is 13.7. The number of benzene rings is 1. The van der Waals surface area contributed by atoms with Crippen LogP contribution in [-0.2, 0) is 0 Å². The molecule has 2 aromatic rings. The monoisotopic (exact) mass is 361 g/mol. The molecule has 0 atom stereocenters. The van der Waals surface area contributed by atoms with Crippen LogP contribution >= 0.6 is 27.5 Å². The van der Waals surface area contributed by atoms with Gasteiger partial charge in [0.25, 0.3) is 0 Å². The van der Waals surface area contributed by atoms with Crippen LogP contribution in [0.5, 0.6) is 0 Å². The molecule has 106 valence electrons. The minimum absolute atomic E-state index is 0.00505. The molecule has 1 aromatic carbocycles. The van der Waals surface area contributed by atoms with E-state index < -0.39 is 11.6 Å². The minimum Gasteiger partial charge on any atom is -0.368 e. The quantitative estimate of drug-likeness (QED) is 0.808. The zero-order chi connectivity index (χ0) is 14.7. The van der Waals surface area contributed by atoms with Crippen molar-refractivity contribution in [3.8, 4) is 0 Å². The second-order valence-corrected chi connectivity index (χ2v) is 5.11. The van der Waals surface area contributed by atoms with Gasteiger partial charge in [0.1, 0.15) is 0 Å². The van der Waals surface area contributed by atoms with Crippen LogP contribution in [0, 0.1) is 11.6 Å². The molecule has 0 bridgehead atoms. The SMILES string of the molecule is CCNc1nc(Nc2cccc(Cl)c2Br)c(F)cc1F. The summed E-state index contributed by atoms with van der Waals surface area (Å²) in [5, 5.41) is 5.98. The summed E-state index contributed by atoms with van der Waals surface area (Å²) in [6, 6.07) is 5.89. The zero-order valence-corrected chi connectivity index (χ0v) is 12.8. The third kappa shape index (κ3) is 3.19. The van der Waals surface area contributed by atoms with Crippen molar-refractivity contribution in [2.75, 3.05) is 17.2 Å². The van der Waals surface area contributed by atoms with Gasteiger partial charge in [-0.2, -0.15) is 0 Å². The molecule has 0 saturated heterocycles. The molecule has 0 radical (unpaired) electrons. The first kappa shape index (κ1) is 15.0. The first-order valence-corrected chi connectivity index (χ1v) is 7.01. The average Bonchev–Trinajstić information content (AvgIpc) is 2.40. The van der Waals surface area contributed by atoms with Crippen LogP contribution in [0.15, 0.2) is 28.7 Å². The van der Waals surface area contributed by atoms with Gasteiger partial charge in [-0.15, -0.1) is 0 Å². The van der Waals surface area contributed by atoms with E-state index in [0.29, 0.717) is 21.7 Å². The van der Waals surface area contributed by atoms with E-state index in [-0.39, 0.29) is 11.6 Å². The summed E-state index contributed by atoms with van der Waals surface area (Å²) in [5.74, 6) is -1.60. The molecule has 7 heteroatoms. The topological polar surface area (TPSA) is 37.0 Å². The summed E-state index contributed by atoms with van der Waals surface area (Å²) >= 11 is 9.24. The Morgan fingerprint density at radius 3 is 2.65 bits per heavy atom. The smallest absolute Gasteiger partial charge is 0.169 e. The van der Waals surface area contributed by atoms with Crippen molar-refractivity contribution >= 4 is 44.9 Å². The molecule has 1 aromatic heterocycles. The summed E-state index contributed by atoms with van der Waals surface area (Å²) in [6.45, 7) is 2.28. The lowest BCUT2D eigenvalue weighted by atomic mass is 10.3. The molecular formula is C13H11BrClF2N3. The Kier molecular flexibility index (Phi) is 4.77. The van der Waals surface area contributed by atoms with E-state index in [2.05, 4.69) is 31.5 Å². The number of rotatable bonds is 4. The van der Waals surface area contributed by atoms with E-state index in [1.54, 1.807) is 25.1 Å². The molecule has 1 heterocycles. The summed E-state index contributed by atoms with van der Waals surface area (Å²) in [7, 11) is 0. The van der Waals surface area contributed by atoms with Gasteiger partial charge in [0.2, 0.25) is 0 Å². The molecule has 0 saturated carbocycles. The fourth-order valence-electron chi connectivity index (χ4n) is 1.57. The Hall–Kier alpha value is -1.40. The standard InChI is InChI=1S/C13H11BrClF2N3/c1-2-18-12-8(16)6-9(17)13(20-12)19-10-5-3-4-7(15)11(10)14/h3-6H,2H2,1H3,(H2,18,19,20). The van der Waals surface area contributed by atoms with Crippen molar-refractivity contribution < 1.29 is 8.78 Å². The Morgan fingerprint density at radius 2 is 1.95 bits per heavy atom. The summed E-state index contributed by atoms with van der Waals surface area (Å²) in [6.07, 6.45) is 0. The molecule has 0 aliphatic carbocycles. The minimum atomic E-state index is -0.781. The highest BCUT2D eigenvalue weighted by atomic mass is 79.9. The molecule has 0 aliphatic rings. The van der Waals surface area contributed by atoms with E-state index in [9.17, 15) is 8.78 Å². The van der Waals surface area contributed by atoms with E-state index in [4.69, 9.17) is 11.6 Å². The predicted molar refractivity (Wildman–Crippen MR) is 80.8 cm³/mol. The highest BCUT2D eigenvalue weighted by Crippen LogP contribution is 2.32. The third-order valence-corrected chi connectivity index (χ3v) is 3.88. The van der Waals surface area contributed by atoms with Crippen molar-refractivity contribution in [1.82, 2.24) is 4.98 Å². The number of halogens is 4. The van der Waals surface area contributed by atoms with Crippen molar-refractivity contribution in [2.24, 2.45) is 0 Å². The zero-order valence-electron chi connectivity index (χ0n) is 10.5. The van der Waals surface area contributed by atoms with Gasteiger partial charge in [0.05, 0.1) is 15.2 Å². The fourth-order valence-corrected chi connectivity index (χ4v) is 2.11. The van der Waals surface area contributed by atoms with E-state index in [0.717, 1.165) is 6.07 Å². The van der Waals surface area contributed by atoms with Crippen LogP contribution in [-0.4, -0.2) is 11.5 Å². The molecule has 2 rings (SSSR count). The van der Waals surface area contributed by atoms with Crippen LogP contribution < -0.4 is 10.6 Å². The lowest BCUT2D eigenvalue weighted by molar-refractivity contribution is 0.579. The van der Waals surface area contributed by atoms with Crippen molar-refractivity contribution in [3.05, 3.63) is 45.4 Å². The summed E-state index contributed by atoms with van der Waals surface area (Å²) < 4.78 is 27.8. The van der Waals surface area contributed by atoms with Crippen LogP contribution in [0.2, 0.25) is 5.02 Å². The fraction of sp³-hybridized carbons (Fsp3) is 0.154. The van der Waals surface area contributed by atoms with Gasteiger partial charge in [-0.3, -0.25) is 0 Å². The number of nitrogens with zero attached hydrogens (tertiary/aromatic N) is 1. The number of nitrogens with one attached hydrogen (secondary N) is 2. The summed E-state index contributed by atoms with van der Waals surface area (Å²) in [5.41, 5.74) is 0.540. The molecule has 0 spiro atoms. The Bertz CT molecular complexity index is 637. The van der Waals surface area contributed by atoms with E-state index in [1.807, 2.05) is 0 Å². The maximum atomic E-state index is 13.7. The molecule has 0 unspecified atom stereocenters. The largest absolute Gasteiger partial charge is 0.368 e. The van der Waals surface area contributed by atoms with Gasteiger partial charge in [0.15, 0.2) is 23.3 Å². The Labute approximate surface area is 128 Å². The van der Waals surface area contributed by atoms with Gasteiger partial charge >= 0.3 is 0 Å². The Morgan fingerprint density at radius 1 is 1.25 bits per heavy atom. The third-order valence-electron chi connectivity index (χ3n) is 2.48. The molecule has 0 aliphatic heterocycles. The molecule has 0 amide bonds. The van der Waals surface area contributed by atoms with Crippen LogP contribution in [0.25, 0.3) is 0 Å². The van der Waals surface area contributed by atoms with Crippen LogP contribution in [0.4, 0.5) is 26.1 Å². The molecule has 2 N–H and O–H groups in total. The van der Waals surface area contributed by atoms with E-state index in [1.165, 1.54) is 0 Å². The number of anilines is 3. The van der Waals surface area contributed by atoms with Crippen molar-refractivity contribution in [1.29, 1.82) is 0 Å². The molecule has 20 heavy (non-hydrogen) atoms. The van der Waals surface area contributed by atoms with Gasteiger partial charge in [-0.25, -0.2) is 13.8 Å². The lowest BCUT2D eigenvalue weighted by Gasteiger charge is -2.12. The first-order valence-electron chi connectivity index (χ1n) is 5.84. The highest BCUT2D eigenvalue weighted by molar-refractivity contribution is 9.10. The van der Waals surface area contributed by atoms with Gasteiger partial charge in [-0.05, 0) is 35.0 Å². The number of hydrogen-bond donors (Lipinski definition) is 2.